The van der Waals surface area contributed by atoms with Crippen molar-refractivity contribution in [3.63, 3.8) is 0 Å². The quantitative estimate of drug-likeness (QED) is 0.700. The zero-order valence-corrected chi connectivity index (χ0v) is 7.30. The molecule has 1 heterocycles. The first-order valence-corrected chi connectivity index (χ1v) is 3.55. The average Bonchev–Trinajstić information content (AvgIpc) is 2.30. The van der Waals surface area contributed by atoms with Gasteiger partial charge in [0.1, 0.15) is 11.5 Å². The Kier molecular flexibility index (Phi) is 2.38. The molecule has 0 bridgehead atoms. The van der Waals surface area contributed by atoms with Crippen LogP contribution in [-0.4, -0.2) is 13.2 Å². The van der Waals surface area contributed by atoms with E-state index in [1.165, 1.54) is 7.11 Å². The lowest BCUT2D eigenvalue weighted by atomic mass is 10.4. The number of aryl methyl sites for hydroxylation is 2. The van der Waals surface area contributed by atoms with Crippen LogP contribution in [0.25, 0.3) is 0 Å². The van der Waals surface area contributed by atoms with Gasteiger partial charge in [0.15, 0.2) is 0 Å². The predicted octanol–water partition coefficient (Wildman–Crippen LogP) is 2.07. The first-order valence-electron chi connectivity index (χ1n) is 3.55. The molecule has 1 rings (SSSR count). The van der Waals surface area contributed by atoms with Crippen molar-refractivity contribution in [2.75, 3.05) is 12.4 Å². The topological polar surface area (TPSA) is 51.5 Å². The maximum Gasteiger partial charge on any atom is 0.411 e. The first-order chi connectivity index (χ1) is 5.63. The van der Waals surface area contributed by atoms with E-state index in [1.54, 1.807) is 13.0 Å². The highest BCUT2D eigenvalue weighted by atomic mass is 16.5. The summed E-state index contributed by atoms with van der Waals surface area (Å²) < 4.78 is 9.62. The Hall–Kier alpha value is -1.45. The molecule has 0 atom stereocenters. The van der Waals surface area contributed by atoms with Crippen LogP contribution in [-0.2, 0) is 4.74 Å². The average molecular weight is 169 g/mol. The van der Waals surface area contributed by atoms with Gasteiger partial charge in [0.2, 0.25) is 0 Å². The number of amides is 1. The van der Waals surface area contributed by atoms with Gasteiger partial charge < -0.3 is 9.15 Å². The maximum absolute atomic E-state index is 10.8. The molecule has 1 amide bonds. The minimum absolute atomic E-state index is 0.487. The van der Waals surface area contributed by atoms with Crippen LogP contribution in [0.5, 0.6) is 0 Å². The summed E-state index contributed by atoms with van der Waals surface area (Å²) in [4.78, 5) is 10.8. The Labute approximate surface area is 70.5 Å². The minimum atomic E-state index is -0.487. The van der Waals surface area contributed by atoms with Crippen LogP contribution in [0.3, 0.4) is 0 Å². The molecule has 66 valence electrons. The normalized spacial score (nSPS) is 9.58. The summed E-state index contributed by atoms with van der Waals surface area (Å²) in [5.41, 5.74) is 0.652. The van der Waals surface area contributed by atoms with Gasteiger partial charge in [0, 0.05) is 6.07 Å². The van der Waals surface area contributed by atoms with Crippen LogP contribution in [0, 0.1) is 13.8 Å². The number of rotatable bonds is 1. The number of hydrogen-bond acceptors (Lipinski definition) is 3. The van der Waals surface area contributed by atoms with Gasteiger partial charge in [0.25, 0.3) is 0 Å². The van der Waals surface area contributed by atoms with Crippen molar-refractivity contribution < 1.29 is 13.9 Å². The third-order valence-electron chi connectivity index (χ3n) is 1.46. The van der Waals surface area contributed by atoms with E-state index in [1.807, 2.05) is 6.92 Å². The van der Waals surface area contributed by atoms with E-state index < -0.39 is 6.09 Å². The van der Waals surface area contributed by atoms with Gasteiger partial charge in [-0.15, -0.1) is 0 Å². The molecule has 0 spiro atoms. The summed E-state index contributed by atoms with van der Waals surface area (Å²) in [7, 11) is 1.32. The standard InChI is InChI=1S/C8H11NO3/c1-5-4-7(6(2)12-5)9-8(10)11-3/h4H,1-3H3,(H,9,10). The van der Waals surface area contributed by atoms with E-state index in [0.29, 0.717) is 11.4 Å². The molecule has 0 saturated heterocycles. The van der Waals surface area contributed by atoms with E-state index in [-0.39, 0.29) is 0 Å². The Morgan fingerprint density at radius 1 is 1.58 bits per heavy atom. The molecule has 4 nitrogen and oxygen atoms in total. The van der Waals surface area contributed by atoms with Gasteiger partial charge in [-0.05, 0) is 13.8 Å². The number of methoxy groups -OCH3 is 1. The fourth-order valence-corrected chi connectivity index (χ4v) is 0.916. The monoisotopic (exact) mass is 169 g/mol. The predicted molar refractivity (Wildman–Crippen MR) is 44.2 cm³/mol. The van der Waals surface area contributed by atoms with E-state index in [9.17, 15) is 4.79 Å². The molecule has 0 fully saturated rings. The molecule has 12 heavy (non-hydrogen) atoms. The molecular weight excluding hydrogens is 158 g/mol. The summed E-state index contributed by atoms with van der Waals surface area (Å²) in [6.07, 6.45) is -0.487. The summed E-state index contributed by atoms with van der Waals surface area (Å²) in [6, 6.07) is 1.74. The second-order valence-corrected chi connectivity index (χ2v) is 2.44. The highest BCUT2D eigenvalue weighted by molar-refractivity contribution is 5.85. The minimum Gasteiger partial charge on any atom is -0.464 e. The number of ether oxygens (including phenoxy) is 1. The van der Waals surface area contributed by atoms with Crippen molar-refractivity contribution in [1.82, 2.24) is 0 Å². The van der Waals surface area contributed by atoms with E-state index in [0.717, 1.165) is 5.76 Å². The Morgan fingerprint density at radius 2 is 2.25 bits per heavy atom. The summed E-state index contributed by atoms with van der Waals surface area (Å²) in [5.74, 6) is 1.44. The number of nitrogens with one attached hydrogen (secondary N) is 1. The van der Waals surface area contributed by atoms with Crippen molar-refractivity contribution >= 4 is 11.8 Å². The summed E-state index contributed by atoms with van der Waals surface area (Å²) in [6.45, 7) is 3.59. The SMILES string of the molecule is COC(=O)Nc1cc(C)oc1C. The van der Waals surface area contributed by atoms with E-state index >= 15 is 0 Å². The third kappa shape index (κ3) is 1.78. The van der Waals surface area contributed by atoms with Crippen molar-refractivity contribution in [3.05, 3.63) is 17.6 Å². The second kappa shape index (κ2) is 3.30. The van der Waals surface area contributed by atoms with Crippen molar-refractivity contribution in [3.8, 4) is 0 Å². The van der Waals surface area contributed by atoms with Crippen LogP contribution in [0.4, 0.5) is 10.5 Å². The number of furan rings is 1. The zero-order chi connectivity index (χ0) is 9.14. The lowest BCUT2D eigenvalue weighted by Gasteiger charge is -1.99. The second-order valence-electron chi connectivity index (χ2n) is 2.44. The summed E-state index contributed by atoms with van der Waals surface area (Å²) >= 11 is 0. The highest BCUT2D eigenvalue weighted by Gasteiger charge is 2.07. The highest BCUT2D eigenvalue weighted by Crippen LogP contribution is 2.18. The maximum atomic E-state index is 10.8. The summed E-state index contributed by atoms with van der Waals surface area (Å²) in [5, 5.41) is 2.53. The van der Waals surface area contributed by atoms with E-state index in [2.05, 4.69) is 10.1 Å². The molecule has 0 saturated carbocycles. The molecule has 0 aliphatic rings. The fraction of sp³-hybridized carbons (Fsp3) is 0.375. The number of anilines is 1. The van der Waals surface area contributed by atoms with Crippen LogP contribution < -0.4 is 5.32 Å². The number of carbonyl (C=O) groups is 1. The Morgan fingerprint density at radius 3 is 2.67 bits per heavy atom. The molecule has 0 aromatic carbocycles. The Balaban J connectivity index is 2.75. The van der Waals surface area contributed by atoms with Crippen molar-refractivity contribution in [1.29, 1.82) is 0 Å². The molecular formula is C8H11NO3. The third-order valence-corrected chi connectivity index (χ3v) is 1.46. The van der Waals surface area contributed by atoms with Gasteiger partial charge >= 0.3 is 6.09 Å². The van der Waals surface area contributed by atoms with Crippen LogP contribution in [0.15, 0.2) is 10.5 Å². The molecule has 0 aliphatic heterocycles. The van der Waals surface area contributed by atoms with Gasteiger partial charge in [-0.2, -0.15) is 0 Å². The molecule has 1 aromatic heterocycles. The van der Waals surface area contributed by atoms with Crippen LogP contribution >= 0.6 is 0 Å². The van der Waals surface area contributed by atoms with E-state index in [4.69, 9.17) is 4.42 Å². The van der Waals surface area contributed by atoms with Crippen LogP contribution in [0.2, 0.25) is 0 Å². The zero-order valence-electron chi connectivity index (χ0n) is 7.30. The van der Waals surface area contributed by atoms with Gasteiger partial charge in [0.05, 0.1) is 12.8 Å². The number of hydrogen-bond donors (Lipinski definition) is 1. The smallest absolute Gasteiger partial charge is 0.411 e. The molecule has 1 aromatic rings. The number of carbonyl (C=O) groups excluding carboxylic acids is 1. The fourth-order valence-electron chi connectivity index (χ4n) is 0.916. The molecule has 1 N–H and O–H groups in total. The van der Waals surface area contributed by atoms with Gasteiger partial charge in [-0.1, -0.05) is 0 Å². The largest absolute Gasteiger partial charge is 0.464 e. The van der Waals surface area contributed by atoms with Crippen LogP contribution in [0.1, 0.15) is 11.5 Å². The van der Waals surface area contributed by atoms with Crippen molar-refractivity contribution in [2.45, 2.75) is 13.8 Å². The molecule has 0 unspecified atom stereocenters. The van der Waals surface area contributed by atoms with Crippen molar-refractivity contribution in [2.24, 2.45) is 0 Å². The lowest BCUT2D eigenvalue weighted by molar-refractivity contribution is 0.187. The molecule has 0 aliphatic carbocycles. The van der Waals surface area contributed by atoms with Gasteiger partial charge in [-0.3, -0.25) is 5.32 Å². The molecule has 0 radical (unpaired) electrons. The van der Waals surface area contributed by atoms with Gasteiger partial charge in [-0.25, -0.2) is 4.79 Å². The molecule has 4 heteroatoms. The Bertz CT molecular complexity index is 290. The first kappa shape index (κ1) is 8.64. The lowest BCUT2D eigenvalue weighted by Crippen LogP contribution is -2.10.